The van der Waals surface area contributed by atoms with Gasteiger partial charge in [-0.3, -0.25) is 4.90 Å². The number of rotatable bonds is 5. The van der Waals surface area contributed by atoms with E-state index in [9.17, 15) is 4.79 Å². The maximum atomic E-state index is 16.1. The van der Waals surface area contributed by atoms with Crippen molar-refractivity contribution in [2.75, 3.05) is 68.8 Å². The third-order valence-electron chi connectivity index (χ3n) is 4.84. The fraction of sp³-hybridized carbons (Fsp3) is 0.682. The van der Waals surface area contributed by atoms with E-state index in [0.29, 0.717) is 25.9 Å². The molecule has 4 rings (SSSR count). The van der Waals surface area contributed by atoms with Gasteiger partial charge < -0.3 is 25.0 Å². The Morgan fingerprint density at radius 2 is 2.17 bits per heavy atom. The lowest BCUT2D eigenvalue weighted by molar-refractivity contribution is 0.0855. The van der Waals surface area contributed by atoms with Crippen molar-refractivity contribution < 1.29 is 39.3 Å². The number of piperidine rings is 1. The molecule has 1 aromatic carbocycles. The maximum absolute atomic E-state index is 16.1. The lowest BCUT2D eigenvalue weighted by Crippen LogP contribution is -2.50. The van der Waals surface area contributed by atoms with E-state index in [0.717, 1.165) is 4.90 Å². The number of amides is 2. The Morgan fingerprint density at radius 3 is 2.93 bits per heavy atom. The average molecular weight is 436 g/mol. The van der Waals surface area contributed by atoms with Crippen LogP contribution in [0.15, 0.2) is 18.1 Å². The van der Waals surface area contributed by atoms with Gasteiger partial charge in [0.2, 0.25) is 0 Å². The van der Waals surface area contributed by atoms with Gasteiger partial charge >= 0.3 is 6.03 Å². The number of halogens is 1. The summed E-state index contributed by atoms with van der Waals surface area (Å²) in [6.45, 7) is -10.5. The second-order valence-electron chi connectivity index (χ2n) is 6.81. The topological polar surface area (TPSA) is 66.1 Å². The van der Waals surface area contributed by atoms with E-state index in [1.165, 1.54) is 0 Å². The number of morpholine rings is 1. The normalized spacial score (nSPS) is 38.2. The molecule has 0 spiro atoms. The first-order valence-corrected chi connectivity index (χ1v) is 9.64. The smallest absolute Gasteiger partial charge is 0.322 e. The molecule has 2 N–H and O–H groups in total. The van der Waals surface area contributed by atoms with Gasteiger partial charge in [0, 0.05) is 49.9 Å². The minimum atomic E-state index is -4.14. The second kappa shape index (κ2) is 10.4. The van der Waals surface area contributed by atoms with Crippen LogP contribution in [0.5, 0.6) is 0 Å². The molecule has 3 fully saturated rings. The van der Waals surface area contributed by atoms with Gasteiger partial charge in [-0.05, 0) is 62.7 Å². The lowest BCUT2D eigenvalue weighted by atomic mass is 9.98. The summed E-state index contributed by atoms with van der Waals surface area (Å²) in [7, 11) is 0. The summed E-state index contributed by atoms with van der Waals surface area (Å²) in [6, 6.07) is -9.90. The van der Waals surface area contributed by atoms with Crippen molar-refractivity contribution in [3.05, 3.63) is 23.9 Å². The molecule has 2 amide bonds. The van der Waals surface area contributed by atoms with Gasteiger partial charge in [-0.25, -0.2) is 9.18 Å². The second-order valence-corrected chi connectivity index (χ2v) is 6.81. The minimum absolute atomic E-state index is 0.129. The molecular formula is C22H33FN4O3. The molecule has 3 aliphatic heterocycles. The number of hydrogen-bond acceptors (Lipinski definition) is 5. The lowest BCUT2D eigenvalue weighted by Gasteiger charge is -2.35. The summed E-state index contributed by atoms with van der Waals surface area (Å²) in [5.41, 5.74) is -2.33. The van der Waals surface area contributed by atoms with Gasteiger partial charge in [-0.1, -0.05) is 0 Å². The molecule has 166 valence electrons. The van der Waals surface area contributed by atoms with Crippen LogP contribution < -0.4 is 20.4 Å². The molecule has 3 saturated heterocycles. The number of anilines is 2. The molecule has 0 saturated carbocycles. The Kier molecular flexibility index (Phi) is 3.37. The number of nitrogens with zero attached hydrogens (tertiary/aromatic N) is 2. The predicted octanol–water partition coefficient (Wildman–Crippen LogP) is 2.36. The molecule has 8 heteroatoms. The molecular weight excluding hydrogens is 387 g/mol. The number of carbonyl (C=O) groups excluding carboxylic acids is 1. The van der Waals surface area contributed by atoms with Crippen molar-refractivity contribution in [2.24, 2.45) is 5.92 Å². The van der Waals surface area contributed by atoms with Crippen LogP contribution >= 0.6 is 0 Å². The highest BCUT2D eigenvalue weighted by atomic mass is 19.1. The van der Waals surface area contributed by atoms with E-state index in [2.05, 4.69) is 10.1 Å². The van der Waals surface area contributed by atoms with Crippen molar-refractivity contribution in [1.29, 1.82) is 0 Å². The molecule has 30 heavy (non-hydrogen) atoms. The van der Waals surface area contributed by atoms with Crippen molar-refractivity contribution in [3.63, 3.8) is 0 Å². The van der Waals surface area contributed by atoms with E-state index in [1.807, 2.05) is 0 Å². The van der Waals surface area contributed by atoms with Gasteiger partial charge in [0.15, 0.2) is 1.41 Å². The molecule has 3 heterocycles. The van der Waals surface area contributed by atoms with Crippen LogP contribution in [0.1, 0.15) is 44.8 Å². The monoisotopic (exact) mass is 435 g/mol. The molecule has 1 aromatic rings. The first kappa shape index (κ1) is 9.71. The highest BCUT2D eigenvalue weighted by Crippen LogP contribution is 2.29. The zero-order chi connectivity index (χ0) is 34.1. The first-order chi connectivity index (χ1) is 20.5. The number of ether oxygens (including phenoxy) is 2. The molecule has 0 unspecified atom stereocenters. The summed E-state index contributed by atoms with van der Waals surface area (Å²) in [5, 5.41) is 3.24. The van der Waals surface area contributed by atoms with E-state index >= 15 is 4.39 Å². The number of benzene rings is 1. The number of urea groups is 1. The van der Waals surface area contributed by atoms with Gasteiger partial charge in [0.05, 0.1) is 32.6 Å². The van der Waals surface area contributed by atoms with Crippen LogP contribution in [0.2, 0.25) is 1.41 Å². The van der Waals surface area contributed by atoms with Crippen LogP contribution in [0.25, 0.3) is 0 Å². The molecule has 0 bridgehead atoms. The van der Waals surface area contributed by atoms with Crippen molar-refractivity contribution in [3.8, 4) is 0 Å². The van der Waals surface area contributed by atoms with E-state index in [4.69, 9.17) is 25.3 Å². The summed E-state index contributed by atoms with van der Waals surface area (Å²) in [6.07, 6.45) is -7.13. The van der Waals surface area contributed by atoms with Gasteiger partial charge in [0.1, 0.15) is 5.82 Å². The number of nitrogens with one attached hydrogen (secondary N) is 2. The average Bonchev–Trinajstić information content (AvgIpc) is 2.93. The minimum Gasteiger partial charge on any atom is -0.381 e. The zero-order valence-electron chi connectivity index (χ0n) is 31.2. The summed E-state index contributed by atoms with van der Waals surface area (Å²) < 4.78 is 152. The Balaban J connectivity index is 2.02. The Labute approximate surface area is 199 Å². The largest absolute Gasteiger partial charge is 0.381 e. The molecule has 0 atom stereocenters. The number of carbonyl (C=O) groups is 1. The number of hydrogen-bond donors (Lipinski definition) is 2. The quantitative estimate of drug-likeness (QED) is 0.743. The molecule has 3 aliphatic rings. The molecule has 0 aliphatic carbocycles. The predicted molar refractivity (Wildman–Crippen MR) is 115 cm³/mol. The van der Waals surface area contributed by atoms with Crippen LogP contribution in [-0.2, 0) is 9.47 Å². The summed E-state index contributed by atoms with van der Waals surface area (Å²) >= 11 is 0. The fourth-order valence-corrected chi connectivity index (χ4v) is 3.25. The summed E-state index contributed by atoms with van der Waals surface area (Å²) in [5.74, 6) is -2.05. The van der Waals surface area contributed by atoms with E-state index in [-0.39, 0.29) is 29.3 Å². The first-order valence-electron chi connectivity index (χ1n) is 17.1. The van der Waals surface area contributed by atoms with E-state index < -0.39 is 92.9 Å². The van der Waals surface area contributed by atoms with Gasteiger partial charge in [-0.15, -0.1) is 0 Å². The third-order valence-corrected chi connectivity index (χ3v) is 4.84. The standard InChI is InChI=1S/C22H33FN4O3/c23-20-15-19(1-2-21(20)26-9-13-30-14-10-26)27(18-5-11-29-12-6-18)22(28)25-16-17-3-7-24-8-4-17/h1-2,15,17-18,24H,3-14,16H2,(H,25,28)/i1D,2D,5D2,6D2,9D2,11D2,12D2,15D,18D/hD. The van der Waals surface area contributed by atoms with Crippen LogP contribution in [0.4, 0.5) is 20.6 Å². The van der Waals surface area contributed by atoms with Crippen LogP contribution in [0, 0.1) is 11.7 Å². The van der Waals surface area contributed by atoms with E-state index in [1.54, 1.807) is 0 Å². The zero-order valence-corrected chi connectivity index (χ0v) is 16.2. The van der Waals surface area contributed by atoms with Crippen molar-refractivity contribution >= 4 is 17.4 Å². The maximum Gasteiger partial charge on any atom is 0.322 e. The van der Waals surface area contributed by atoms with Crippen LogP contribution in [-0.4, -0.2) is 71.1 Å². The fourth-order valence-electron chi connectivity index (χ4n) is 3.25. The highest BCUT2D eigenvalue weighted by Gasteiger charge is 2.29. The Hall–Kier alpha value is -1.90. The SMILES string of the molecule is [2H]c1c([2H])c(N(C(=O)N([2H])CC2CCNCC2)C2([2H])C([2H])([2H])C([2H])([2H])OC([2H])([2H])C2([2H])[2H])c([2H])c(F)c1N1CCOCC1([2H])[2H]. The molecule has 0 radical (unpaired) electrons. The molecule has 7 nitrogen and oxygen atoms in total. The highest BCUT2D eigenvalue weighted by molar-refractivity contribution is 5.93. The van der Waals surface area contributed by atoms with Gasteiger partial charge in [0.25, 0.3) is 0 Å². The molecule has 0 aromatic heterocycles. The van der Waals surface area contributed by atoms with Crippen molar-refractivity contribution in [2.45, 2.75) is 31.6 Å². The Bertz CT molecular complexity index is 1280. The van der Waals surface area contributed by atoms with Gasteiger partial charge in [-0.2, -0.15) is 0 Å². The van der Waals surface area contributed by atoms with Crippen molar-refractivity contribution in [1.82, 2.24) is 10.6 Å². The van der Waals surface area contributed by atoms with Crippen LogP contribution in [0.3, 0.4) is 0 Å². The third kappa shape index (κ3) is 5.22. The summed E-state index contributed by atoms with van der Waals surface area (Å²) in [4.78, 5) is 14.5. The Morgan fingerprint density at radius 1 is 1.37 bits per heavy atom.